The maximum Gasteiger partial charge on any atom is 0.231 e. The lowest BCUT2D eigenvalue weighted by Crippen LogP contribution is -2.16. The molecule has 1 amide bonds. The molecular formula is C14H19NO2. The summed E-state index contributed by atoms with van der Waals surface area (Å²) in [6, 6.07) is 5.89. The smallest absolute Gasteiger partial charge is 0.231 e. The third kappa shape index (κ3) is 3.70. The molecule has 0 aliphatic carbocycles. The summed E-state index contributed by atoms with van der Waals surface area (Å²) >= 11 is 0. The van der Waals surface area contributed by atoms with E-state index in [2.05, 4.69) is 25.2 Å². The summed E-state index contributed by atoms with van der Waals surface area (Å²) in [6.07, 6.45) is 1.76. The SMILES string of the molecule is CCc1cccc(NC(=O)CC(C)=O)c1CC. The van der Waals surface area contributed by atoms with Gasteiger partial charge in [-0.25, -0.2) is 0 Å². The van der Waals surface area contributed by atoms with Crippen molar-refractivity contribution in [3.8, 4) is 0 Å². The highest BCUT2D eigenvalue weighted by molar-refractivity contribution is 6.03. The van der Waals surface area contributed by atoms with Gasteiger partial charge in [0.1, 0.15) is 5.78 Å². The van der Waals surface area contributed by atoms with E-state index in [0.717, 1.165) is 24.1 Å². The van der Waals surface area contributed by atoms with Gasteiger partial charge >= 0.3 is 0 Å². The van der Waals surface area contributed by atoms with Crippen molar-refractivity contribution in [3.05, 3.63) is 29.3 Å². The molecule has 0 fully saturated rings. The van der Waals surface area contributed by atoms with E-state index < -0.39 is 0 Å². The third-order valence-corrected chi connectivity index (χ3v) is 2.69. The quantitative estimate of drug-likeness (QED) is 0.795. The van der Waals surface area contributed by atoms with Gasteiger partial charge in [0.15, 0.2) is 0 Å². The minimum atomic E-state index is -0.236. The van der Waals surface area contributed by atoms with Gasteiger partial charge in [-0.15, -0.1) is 0 Å². The molecule has 0 atom stereocenters. The van der Waals surface area contributed by atoms with Crippen molar-refractivity contribution in [3.63, 3.8) is 0 Å². The van der Waals surface area contributed by atoms with Crippen LogP contribution in [-0.4, -0.2) is 11.7 Å². The standard InChI is InChI=1S/C14H19NO2/c1-4-11-7-6-8-13(12(11)5-2)15-14(17)9-10(3)16/h6-8H,4-5,9H2,1-3H3,(H,15,17). The van der Waals surface area contributed by atoms with Crippen LogP contribution in [0, 0.1) is 0 Å². The van der Waals surface area contributed by atoms with Gasteiger partial charge in [0.25, 0.3) is 0 Å². The van der Waals surface area contributed by atoms with Crippen molar-refractivity contribution >= 4 is 17.4 Å². The van der Waals surface area contributed by atoms with Crippen LogP contribution in [0.25, 0.3) is 0 Å². The van der Waals surface area contributed by atoms with E-state index in [4.69, 9.17) is 0 Å². The molecular weight excluding hydrogens is 214 g/mol. The average molecular weight is 233 g/mol. The number of ketones is 1. The first-order valence-electron chi connectivity index (χ1n) is 5.98. The second-order valence-corrected chi connectivity index (χ2v) is 4.08. The Bertz CT molecular complexity index is 424. The fraction of sp³-hybridized carbons (Fsp3) is 0.429. The highest BCUT2D eigenvalue weighted by atomic mass is 16.2. The largest absolute Gasteiger partial charge is 0.325 e. The molecule has 0 aromatic heterocycles. The number of benzene rings is 1. The maximum atomic E-state index is 11.6. The Labute approximate surface area is 102 Å². The zero-order valence-electron chi connectivity index (χ0n) is 10.7. The Balaban J connectivity index is 2.90. The second-order valence-electron chi connectivity index (χ2n) is 4.08. The summed E-state index contributed by atoms with van der Waals surface area (Å²) in [5, 5.41) is 2.81. The molecule has 17 heavy (non-hydrogen) atoms. The molecule has 0 heterocycles. The van der Waals surface area contributed by atoms with Crippen molar-refractivity contribution < 1.29 is 9.59 Å². The van der Waals surface area contributed by atoms with Crippen molar-refractivity contribution in [2.75, 3.05) is 5.32 Å². The lowest BCUT2D eigenvalue weighted by Gasteiger charge is -2.13. The van der Waals surface area contributed by atoms with Crippen LogP contribution in [0.15, 0.2) is 18.2 Å². The lowest BCUT2D eigenvalue weighted by atomic mass is 10.0. The molecule has 0 aliphatic heterocycles. The molecule has 3 nitrogen and oxygen atoms in total. The normalized spacial score (nSPS) is 10.1. The van der Waals surface area contributed by atoms with Crippen LogP contribution in [0.5, 0.6) is 0 Å². The van der Waals surface area contributed by atoms with E-state index in [-0.39, 0.29) is 18.1 Å². The first-order valence-corrected chi connectivity index (χ1v) is 5.98. The number of amides is 1. The molecule has 0 bridgehead atoms. The van der Waals surface area contributed by atoms with Crippen LogP contribution in [-0.2, 0) is 22.4 Å². The van der Waals surface area contributed by atoms with Gasteiger partial charge in [0, 0.05) is 5.69 Å². The minimum absolute atomic E-state index is 0.0560. The third-order valence-electron chi connectivity index (χ3n) is 2.69. The van der Waals surface area contributed by atoms with Crippen LogP contribution in [0.1, 0.15) is 38.3 Å². The average Bonchev–Trinajstić information content (AvgIpc) is 2.27. The molecule has 0 radical (unpaired) electrons. The monoisotopic (exact) mass is 233 g/mol. The molecule has 0 saturated carbocycles. The highest BCUT2D eigenvalue weighted by Crippen LogP contribution is 2.21. The minimum Gasteiger partial charge on any atom is -0.325 e. The van der Waals surface area contributed by atoms with E-state index in [9.17, 15) is 9.59 Å². The van der Waals surface area contributed by atoms with Crippen molar-refractivity contribution in [1.29, 1.82) is 0 Å². The zero-order valence-corrected chi connectivity index (χ0v) is 10.7. The van der Waals surface area contributed by atoms with Gasteiger partial charge in [-0.1, -0.05) is 26.0 Å². The van der Waals surface area contributed by atoms with Crippen molar-refractivity contribution in [1.82, 2.24) is 0 Å². The van der Waals surface area contributed by atoms with Crippen LogP contribution in [0.4, 0.5) is 5.69 Å². The zero-order chi connectivity index (χ0) is 12.8. The Morgan fingerprint density at radius 3 is 2.41 bits per heavy atom. The summed E-state index contributed by atoms with van der Waals surface area (Å²) in [7, 11) is 0. The number of rotatable bonds is 5. The van der Waals surface area contributed by atoms with Gasteiger partial charge in [0.2, 0.25) is 5.91 Å². The maximum absolute atomic E-state index is 11.6. The molecule has 1 rings (SSSR count). The van der Waals surface area contributed by atoms with Crippen LogP contribution in [0.2, 0.25) is 0 Å². The van der Waals surface area contributed by atoms with Gasteiger partial charge < -0.3 is 5.32 Å². The van der Waals surface area contributed by atoms with E-state index in [1.165, 1.54) is 12.5 Å². The van der Waals surface area contributed by atoms with Gasteiger partial charge in [0.05, 0.1) is 6.42 Å². The van der Waals surface area contributed by atoms with Crippen LogP contribution < -0.4 is 5.32 Å². The van der Waals surface area contributed by atoms with E-state index >= 15 is 0 Å². The van der Waals surface area contributed by atoms with Crippen molar-refractivity contribution in [2.45, 2.75) is 40.0 Å². The summed E-state index contributed by atoms with van der Waals surface area (Å²) in [5.74, 6) is -0.354. The number of aryl methyl sites for hydroxylation is 1. The molecule has 3 heteroatoms. The molecule has 92 valence electrons. The summed E-state index contributed by atoms with van der Waals surface area (Å²) < 4.78 is 0. The van der Waals surface area contributed by atoms with Crippen LogP contribution in [0.3, 0.4) is 0 Å². The fourth-order valence-electron chi connectivity index (χ4n) is 1.92. The van der Waals surface area contributed by atoms with Gasteiger partial charge in [-0.05, 0) is 37.0 Å². The number of carbonyl (C=O) groups excluding carboxylic acids is 2. The Morgan fingerprint density at radius 2 is 1.88 bits per heavy atom. The summed E-state index contributed by atoms with van der Waals surface area (Å²) in [6.45, 7) is 5.58. The molecule has 1 aromatic rings. The predicted octanol–water partition coefficient (Wildman–Crippen LogP) is 2.73. The second kappa shape index (κ2) is 6.18. The van der Waals surface area contributed by atoms with E-state index in [1.54, 1.807) is 0 Å². The van der Waals surface area contributed by atoms with Crippen molar-refractivity contribution in [2.24, 2.45) is 0 Å². The van der Waals surface area contributed by atoms with Gasteiger partial charge in [-0.3, -0.25) is 9.59 Å². The number of nitrogens with one attached hydrogen (secondary N) is 1. The number of carbonyl (C=O) groups is 2. The lowest BCUT2D eigenvalue weighted by molar-refractivity contribution is -0.124. The van der Waals surface area contributed by atoms with Gasteiger partial charge in [-0.2, -0.15) is 0 Å². The fourth-order valence-corrected chi connectivity index (χ4v) is 1.92. The molecule has 0 unspecified atom stereocenters. The Hall–Kier alpha value is -1.64. The first-order chi connectivity index (χ1) is 8.08. The van der Waals surface area contributed by atoms with E-state index in [0.29, 0.717) is 0 Å². The Morgan fingerprint density at radius 1 is 1.18 bits per heavy atom. The first kappa shape index (κ1) is 13.4. The number of hydrogen-bond acceptors (Lipinski definition) is 2. The molecule has 1 aromatic carbocycles. The Kier molecular flexibility index (Phi) is 4.88. The highest BCUT2D eigenvalue weighted by Gasteiger charge is 2.10. The van der Waals surface area contributed by atoms with E-state index in [1.807, 2.05) is 12.1 Å². The predicted molar refractivity (Wildman–Crippen MR) is 69.1 cm³/mol. The molecule has 0 spiro atoms. The summed E-state index contributed by atoms with van der Waals surface area (Å²) in [4.78, 5) is 22.4. The van der Waals surface area contributed by atoms with Crippen LogP contribution >= 0.6 is 0 Å². The number of anilines is 1. The topological polar surface area (TPSA) is 46.2 Å². The number of Topliss-reactive ketones (excluding diaryl/α,β-unsaturated/α-hetero) is 1. The molecule has 0 saturated heterocycles. The number of hydrogen-bond donors (Lipinski definition) is 1. The molecule has 1 N–H and O–H groups in total. The molecule has 0 aliphatic rings. The summed E-state index contributed by atoms with van der Waals surface area (Å²) in [5.41, 5.74) is 3.23.